The third-order valence-electron chi connectivity index (χ3n) is 2.43. The second-order valence-corrected chi connectivity index (χ2v) is 4.48. The van der Waals surface area contributed by atoms with E-state index in [2.05, 4.69) is 5.32 Å². The van der Waals surface area contributed by atoms with Crippen LogP contribution < -0.4 is 5.32 Å². The molecule has 0 radical (unpaired) electrons. The highest BCUT2D eigenvalue weighted by Crippen LogP contribution is 2.05. The summed E-state index contributed by atoms with van der Waals surface area (Å²) < 4.78 is 12.9. The summed E-state index contributed by atoms with van der Waals surface area (Å²) in [6, 6.07) is 6.20. The SMILES string of the molecule is CC(CCCCl)NC(=O)Cc1cccc(F)c1. The van der Waals surface area contributed by atoms with Crippen molar-refractivity contribution in [3.05, 3.63) is 35.6 Å². The molecule has 2 nitrogen and oxygen atoms in total. The van der Waals surface area contributed by atoms with Crippen molar-refractivity contribution in [1.82, 2.24) is 5.32 Å². The van der Waals surface area contributed by atoms with Crippen molar-refractivity contribution in [2.24, 2.45) is 0 Å². The summed E-state index contributed by atoms with van der Waals surface area (Å²) in [4.78, 5) is 11.6. The highest BCUT2D eigenvalue weighted by atomic mass is 35.5. The third kappa shape index (κ3) is 5.68. The van der Waals surface area contributed by atoms with Gasteiger partial charge in [-0.2, -0.15) is 0 Å². The topological polar surface area (TPSA) is 29.1 Å². The number of rotatable bonds is 6. The minimum Gasteiger partial charge on any atom is -0.353 e. The first-order valence-electron chi connectivity index (χ1n) is 5.71. The Bertz CT molecular complexity index is 370. The Morgan fingerprint density at radius 3 is 2.94 bits per heavy atom. The fourth-order valence-corrected chi connectivity index (χ4v) is 1.77. The molecule has 0 aliphatic rings. The smallest absolute Gasteiger partial charge is 0.224 e. The van der Waals surface area contributed by atoms with Gasteiger partial charge < -0.3 is 5.32 Å². The zero-order valence-corrected chi connectivity index (χ0v) is 10.6. The van der Waals surface area contributed by atoms with Gasteiger partial charge in [0.1, 0.15) is 5.82 Å². The summed E-state index contributed by atoms with van der Waals surface area (Å²) in [6.45, 7) is 1.94. The maximum absolute atomic E-state index is 12.9. The van der Waals surface area contributed by atoms with E-state index in [-0.39, 0.29) is 24.2 Å². The van der Waals surface area contributed by atoms with Gasteiger partial charge in [0.25, 0.3) is 0 Å². The van der Waals surface area contributed by atoms with Crippen LogP contribution in [-0.4, -0.2) is 17.8 Å². The molecule has 0 aromatic heterocycles. The molecule has 0 saturated carbocycles. The van der Waals surface area contributed by atoms with Crippen molar-refractivity contribution in [1.29, 1.82) is 0 Å². The van der Waals surface area contributed by atoms with Gasteiger partial charge in [-0.15, -0.1) is 11.6 Å². The van der Waals surface area contributed by atoms with Crippen molar-refractivity contribution in [2.45, 2.75) is 32.2 Å². The lowest BCUT2D eigenvalue weighted by Gasteiger charge is -2.13. The first-order valence-corrected chi connectivity index (χ1v) is 6.25. The lowest BCUT2D eigenvalue weighted by atomic mass is 10.1. The Hall–Kier alpha value is -1.09. The first kappa shape index (κ1) is 14.0. The van der Waals surface area contributed by atoms with E-state index in [9.17, 15) is 9.18 Å². The zero-order valence-electron chi connectivity index (χ0n) is 9.88. The van der Waals surface area contributed by atoms with Gasteiger partial charge in [0, 0.05) is 11.9 Å². The average molecular weight is 258 g/mol. The molecule has 1 N–H and O–H groups in total. The molecule has 1 unspecified atom stereocenters. The Balaban J connectivity index is 2.39. The number of halogens is 2. The van der Waals surface area contributed by atoms with Gasteiger partial charge in [0.15, 0.2) is 0 Å². The maximum atomic E-state index is 12.9. The van der Waals surface area contributed by atoms with Gasteiger partial charge in [0.05, 0.1) is 6.42 Å². The van der Waals surface area contributed by atoms with Crippen LogP contribution in [-0.2, 0) is 11.2 Å². The van der Waals surface area contributed by atoms with E-state index in [1.54, 1.807) is 12.1 Å². The van der Waals surface area contributed by atoms with E-state index in [1.165, 1.54) is 12.1 Å². The first-order chi connectivity index (χ1) is 8.11. The summed E-state index contributed by atoms with van der Waals surface area (Å²) in [7, 11) is 0. The van der Waals surface area contributed by atoms with Crippen LogP contribution in [0.3, 0.4) is 0 Å². The van der Waals surface area contributed by atoms with Gasteiger partial charge in [-0.05, 0) is 37.5 Å². The molecule has 0 spiro atoms. The summed E-state index contributed by atoms with van der Waals surface area (Å²) >= 11 is 5.57. The van der Waals surface area contributed by atoms with Crippen molar-refractivity contribution < 1.29 is 9.18 Å². The fourth-order valence-electron chi connectivity index (χ4n) is 1.61. The van der Waals surface area contributed by atoms with Crippen molar-refractivity contribution >= 4 is 17.5 Å². The van der Waals surface area contributed by atoms with Gasteiger partial charge in [-0.25, -0.2) is 4.39 Å². The van der Waals surface area contributed by atoms with E-state index in [1.807, 2.05) is 6.92 Å². The number of hydrogen-bond donors (Lipinski definition) is 1. The Morgan fingerprint density at radius 1 is 1.53 bits per heavy atom. The van der Waals surface area contributed by atoms with E-state index >= 15 is 0 Å². The number of amides is 1. The number of nitrogens with one attached hydrogen (secondary N) is 1. The molecule has 1 aromatic carbocycles. The largest absolute Gasteiger partial charge is 0.353 e. The maximum Gasteiger partial charge on any atom is 0.224 e. The molecule has 4 heteroatoms. The number of alkyl halides is 1. The predicted molar refractivity (Wildman–Crippen MR) is 67.7 cm³/mol. The number of hydrogen-bond acceptors (Lipinski definition) is 1. The van der Waals surface area contributed by atoms with Crippen LogP contribution in [0.25, 0.3) is 0 Å². The van der Waals surface area contributed by atoms with Crippen LogP contribution in [0, 0.1) is 5.82 Å². The van der Waals surface area contributed by atoms with Crippen LogP contribution in [0.2, 0.25) is 0 Å². The molecule has 0 bridgehead atoms. The summed E-state index contributed by atoms with van der Waals surface area (Å²) in [6.07, 6.45) is 1.95. The minimum atomic E-state index is -0.314. The number of carbonyl (C=O) groups excluding carboxylic acids is 1. The molecule has 0 aliphatic carbocycles. The van der Waals surface area contributed by atoms with Gasteiger partial charge in [-0.1, -0.05) is 12.1 Å². The molecule has 1 atom stereocenters. The number of carbonyl (C=O) groups is 1. The molecule has 0 fully saturated rings. The molecule has 1 amide bonds. The van der Waals surface area contributed by atoms with E-state index < -0.39 is 0 Å². The van der Waals surface area contributed by atoms with E-state index in [0.717, 1.165) is 12.8 Å². The van der Waals surface area contributed by atoms with Crippen molar-refractivity contribution in [2.75, 3.05) is 5.88 Å². The highest BCUT2D eigenvalue weighted by molar-refractivity contribution is 6.17. The standard InChI is InChI=1S/C13H17ClFNO/c1-10(4-3-7-14)16-13(17)9-11-5-2-6-12(15)8-11/h2,5-6,8,10H,3-4,7,9H2,1H3,(H,16,17). The Kier molecular flexibility index (Phi) is 5.98. The normalized spacial score (nSPS) is 12.2. The summed E-state index contributed by atoms with van der Waals surface area (Å²) in [5.74, 6) is 0.201. The zero-order chi connectivity index (χ0) is 12.7. The van der Waals surface area contributed by atoms with Gasteiger partial charge in [-0.3, -0.25) is 4.79 Å². The van der Waals surface area contributed by atoms with Crippen molar-refractivity contribution in [3.8, 4) is 0 Å². The van der Waals surface area contributed by atoms with E-state index in [4.69, 9.17) is 11.6 Å². The molecule has 1 aromatic rings. The van der Waals surface area contributed by atoms with Crippen LogP contribution in [0.5, 0.6) is 0 Å². The molecular formula is C13H17ClFNO. The number of benzene rings is 1. The lowest BCUT2D eigenvalue weighted by Crippen LogP contribution is -2.33. The minimum absolute atomic E-state index is 0.0855. The molecule has 94 valence electrons. The lowest BCUT2D eigenvalue weighted by molar-refractivity contribution is -0.121. The quantitative estimate of drug-likeness (QED) is 0.780. The Morgan fingerprint density at radius 2 is 2.29 bits per heavy atom. The third-order valence-corrected chi connectivity index (χ3v) is 2.70. The van der Waals surface area contributed by atoms with Gasteiger partial charge in [0.2, 0.25) is 5.91 Å². The highest BCUT2D eigenvalue weighted by Gasteiger charge is 2.08. The molecule has 0 saturated heterocycles. The van der Waals surface area contributed by atoms with E-state index in [0.29, 0.717) is 11.4 Å². The molecular weight excluding hydrogens is 241 g/mol. The van der Waals surface area contributed by atoms with Crippen LogP contribution in [0.1, 0.15) is 25.3 Å². The van der Waals surface area contributed by atoms with Crippen LogP contribution in [0.4, 0.5) is 4.39 Å². The molecule has 0 aliphatic heterocycles. The second kappa shape index (κ2) is 7.28. The molecule has 0 heterocycles. The summed E-state index contributed by atoms with van der Waals surface area (Å²) in [5, 5.41) is 2.86. The Labute approximate surface area is 106 Å². The average Bonchev–Trinajstić information content (AvgIpc) is 2.26. The predicted octanol–water partition coefficient (Wildman–Crippen LogP) is 2.89. The second-order valence-electron chi connectivity index (χ2n) is 4.11. The fraction of sp³-hybridized carbons (Fsp3) is 0.462. The van der Waals surface area contributed by atoms with Gasteiger partial charge >= 0.3 is 0 Å². The van der Waals surface area contributed by atoms with Crippen LogP contribution >= 0.6 is 11.6 Å². The van der Waals surface area contributed by atoms with Crippen molar-refractivity contribution in [3.63, 3.8) is 0 Å². The molecule has 17 heavy (non-hydrogen) atoms. The molecule has 1 rings (SSSR count). The summed E-state index contributed by atoms with van der Waals surface area (Å²) in [5.41, 5.74) is 0.687. The monoisotopic (exact) mass is 257 g/mol. The van der Waals surface area contributed by atoms with Crippen LogP contribution in [0.15, 0.2) is 24.3 Å².